The highest BCUT2D eigenvalue weighted by molar-refractivity contribution is 8.01. The third-order valence-corrected chi connectivity index (χ3v) is 8.46. The number of carbonyl (C=O) groups is 1. The van der Waals surface area contributed by atoms with Crippen LogP contribution in [0.5, 0.6) is 0 Å². The van der Waals surface area contributed by atoms with Gasteiger partial charge in [-0.05, 0) is 39.3 Å². The fraction of sp³-hybridized carbons (Fsp3) is 0.667. The number of alkyl halides is 3. The Balaban J connectivity index is 0.000000396. The molecule has 1 atom stereocenters. The van der Waals surface area contributed by atoms with Gasteiger partial charge in [-0.3, -0.25) is 4.98 Å². The van der Waals surface area contributed by atoms with Gasteiger partial charge in [-0.25, -0.2) is 13.2 Å². The Hall–Kier alpha value is -1.37. The topological polar surface area (TPSA) is 96.8 Å². The van der Waals surface area contributed by atoms with Crippen molar-refractivity contribution in [1.29, 1.82) is 0 Å². The maximum Gasteiger partial charge on any atom is 0.490 e. The first kappa shape index (κ1) is 24.9. The maximum absolute atomic E-state index is 12.2. The minimum Gasteiger partial charge on any atom is -0.475 e. The van der Waals surface area contributed by atoms with Gasteiger partial charge in [0, 0.05) is 29.3 Å². The van der Waals surface area contributed by atoms with Gasteiger partial charge in [0.2, 0.25) is 10.0 Å². The molecule has 2 fully saturated rings. The van der Waals surface area contributed by atoms with Crippen LogP contribution in [0.2, 0.25) is 0 Å². The highest BCUT2D eigenvalue weighted by Gasteiger charge is 2.53. The lowest BCUT2D eigenvalue weighted by Gasteiger charge is -2.47. The van der Waals surface area contributed by atoms with Crippen LogP contribution in [0.1, 0.15) is 31.7 Å². The highest BCUT2D eigenvalue weighted by atomic mass is 32.2. The average Bonchev–Trinajstić information content (AvgIpc) is 3.03. The van der Waals surface area contributed by atoms with E-state index in [2.05, 4.69) is 4.98 Å². The first-order chi connectivity index (χ1) is 13.7. The highest BCUT2D eigenvalue weighted by Crippen LogP contribution is 2.47. The average molecular weight is 471 g/mol. The minimum atomic E-state index is -5.08. The second-order valence-corrected chi connectivity index (χ2v) is 11.5. The Kier molecular flexibility index (Phi) is 7.81. The van der Waals surface area contributed by atoms with Crippen LogP contribution in [-0.2, 0) is 26.2 Å². The zero-order valence-electron chi connectivity index (χ0n) is 16.8. The predicted octanol–water partition coefficient (Wildman–Crippen LogP) is 2.84. The van der Waals surface area contributed by atoms with Crippen LogP contribution in [-0.4, -0.2) is 69.9 Å². The number of pyridine rings is 1. The molecule has 2 saturated heterocycles. The summed E-state index contributed by atoms with van der Waals surface area (Å²) < 4.78 is 63.7. The fourth-order valence-electron chi connectivity index (χ4n) is 3.09. The molecule has 0 bridgehead atoms. The molecule has 1 spiro atoms. The SMILES string of the molecule is Cc1cccc(COC2CSC3(C2)CN(S(=O)(=O)C(C)C)C3)n1.O=C(O)C(F)(F)F. The zero-order chi connectivity index (χ0) is 22.7. The maximum atomic E-state index is 12.2. The normalized spacial score (nSPS) is 21.2. The van der Waals surface area contributed by atoms with Gasteiger partial charge < -0.3 is 9.84 Å². The molecule has 30 heavy (non-hydrogen) atoms. The predicted molar refractivity (Wildman–Crippen MR) is 107 cm³/mol. The van der Waals surface area contributed by atoms with Crippen LogP contribution in [0.3, 0.4) is 0 Å². The van der Waals surface area contributed by atoms with Gasteiger partial charge in [-0.2, -0.15) is 17.5 Å². The van der Waals surface area contributed by atoms with Crippen LogP contribution in [0, 0.1) is 6.92 Å². The van der Waals surface area contributed by atoms with Crippen molar-refractivity contribution in [3.05, 3.63) is 29.6 Å². The number of aliphatic carboxylic acids is 1. The summed E-state index contributed by atoms with van der Waals surface area (Å²) in [4.78, 5) is 13.3. The second kappa shape index (κ2) is 9.41. The van der Waals surface area contributed by atoms with Gasteiger partial charge in [0.05, 0.1) is 23.7 Å². The molecule has 170 valence electrons. The van der Waals surface area contributed by atoms with E-state index in [1.807, 2.05) is 36.9 Å². The minimum absolute atomic E-state index is 0.0622. The number of aromatic nitrogens is 1. The number of halogens is 3. The molecular weight excluding hydrogens is 445 g/mol. The number of aryl methyl sites for hydroxylation is 1. The van der Waals surface area contributed by atoms with E-state index in [0.717, 1.165) is 23.6 Å². The van der Waals surface area contributed by atoms with Crippen molar-refractivity contribution in [3.63, 3.8) is 0 Å². The standard InChI is InChI=1S/C16H24N2O3S2.C2HF3O2/c1-12(2)23(19,20)18-10-16(11-18)7-15(9-22-16)21-8-14-6-4-5-13(3)17-14;3-2(4,5)1(6)7/h4-6,12,15H,7-11H2,1-3H3;(H,6,7). The molecule has 1 aromatic heterocycles. The molecule has 0 aliphatic carbocycles. The number of rotatable bonds is 5. The second-order valence-electron chi connectivity index (χ2n) is 7.57. The summed E-state index contributed by atoms with van der Waals surface area (Å²) in [5.74, 6) is -1.83. The molecule has 0 aromatic carbocycles. The van der Waals surface area contributed by atoms with E-state index >= 15 is 0 Å². The van der Waals surface area contributed by atoms with Crippen molar-refractivity contribution < 1.29 is 36.2 Å². The number of carboxylic acid groups (broad SMARTS) is 1. The summed E-state index contributed by atoms with van der Waals surface area (Å²) in [6.07, 6.45) is -3.97. The van der Waals surface area contributed by atoms with Gasteiger partial charge in [-0.1, -0.05) is 6.07 Å². The lowest BCUT2D eigenvalue weighted by molar-refractivity contribution is -0.192. The van der Waals surface area contributed by atoms with E-state index in [-0.39, 0.29) is 16.1 Å². The molecule has 7 nitrogen and oxygen atoms in total. The third kappa shape index (κ3) is 6.32. The number of nitrogens with zero attached hydrogens (tertiary/aromatic N) is 2. The van der Waals surface area contributed by atoms with E-state index in [9.17, 15) is 21.6 Å². The van der Waals surface area contributed by atoms with Gasteiger partial charge in [0.1, 0.15) is 0 Å². The number of thioether (sulfide) groups is 1. The number of hydrogen-bond acceptors (Lipinski definition) is 6. The monoisotopic (exact) mass is 470 g/mol. The van der Waals surface area contributed by atoms with Crippen LogP contribution in [0.25, 0.3) is 0 Å². The molecule has 1 unspecified atom stereocenters. The van der Waals surface area contributed by atoms with Crippen LogP contribution in [0.15, 0.2) is 18.2 Å². The van der Waals surface area contributed by atoms with E-state index in [4.69, 9.17) is 14.6 Å². The molecule has 3 heterocycles. The molecule has 0 amide bonds. The summed E-state index contributed by atoms with van der Waals surface area (Å²) in [5.41, 5.74) is 1.95. The number of sulfonamides is 1. The first-order valence-corrected chi connectivity index (χ1v) is 11.7. The summed E-state index contributed by atoms with van der Waals surface area (Å²) in [6, 6.07) is 5.94. The van der Waals surface area contributed by atoms with Gasteiger partial charge in [0.15, 0.2) is 0 Å². The van der Waals surface area contributed by atoms with Crippen LogP contribution in [0.4, 0.5) is 13.2 Å². The fourth-order valence-corrected chi connectivity index (χ4v) is 6.25. The largest absolute Gasteiger partial charge is 0.490 e. The molecule has 12 heteroatoms. The smallest absolute Gasteiger partial charge is 0.475 e. The lowest BCUT2D eigenvalue weighted by atomic mass is 9.95. The van der Waals surface area contributed by atoms with Crippen molar-refractivity contribution >= 4 is 27.8 Å². The van der Waals surface area contributed by atoms with Crippen molar-refractivity contribution in [2.75, 3.05) is 18.8 Å². The zero-order valence-corrected chi connectivity index (χ0v) is 18.5. The van der Waals surface area contributed by atoms with Gasteiger partial charge >= 0.3 is 12.1 Å². The lowest BCUT2D eigenvalue weighted by Crippen LogP contribution is -2.61. The summed E-state index contributed by atoms with van der Waals surface area (Å²) in [5, 5.41) is 6.78. The first-order valence-electron chi connectivity index (χ1n) is 9.22. The molecule has 0 radical (unpaired) electrons. The molecule has 1 aromatic rings. The number of ether oxygens (including phenoxy) is 1. The van der Waals surface area contributed by atoms with Gasteiger partial charge in [-0.15, -0.1) is 11.8 Å². The summed E-state index contributed by atoms with van der Waals surface area (Å²) >= 11 is 1.86. The Morgan fingerprint density at radius 3 is 2.50 bits per heavy atom. The van der Waals surface area contributed by atoms with E-state index in [1.165, 1.54) is 0 Å². The third-order valence-electron chi connectivity index (χ3n) is 4.72. The Bertz CT molecular complexity index is 856. The van der Waals surface area contributed by atoms with Gasteiger partial charge in [0.25, 0.3) is 0 Å². The van der Waals surface area contributed by atoms with E-state index < -0.39 is 22.2 Å². The number of hydrogen-bond donors (Lipinski definition) is 1. The Morgan fingerprint density at radius 1 is 1.40 bits per heavy atom. The van der Waals surface area contributed by atoms with Crippen molar-refractivity contribution in [2.45, 2.75) is 56.1 Å². The molecule has 2 aliphatic heterocycles. The quantitative estimate of drug-likeness (QED) is 0.707. The molecule has 0 saturated carbocycles. The Morgan fingerprint density at radius 2 is 2.00 bits per heavy atom. The molecular formula is C18H25F3N2O5S2. The molecule has 2 aliphatic rings. The van der Waals surface area contributed by atoms with Crippen LogP contribution >= 0.6 is 11.8 Å². The van der Waals surface area contributed by atoms with E-state index in [1.54, 1.807) is 18.2 Å². The van der Waals surface area contributed by atoms with Crippen molar-refractivity contribution in [1.82, 2.24) is 9.29 Å². The van der Waals surface area contributed by atoms with E-state index in [0.29, 0.717) is 19.7 Å². The van der Waals surface area contributed by atoms with Crippen LogP contribution < -0.4 is 0 Å². The molecule has 1 N–H and O–H groups in total. The summed E-state index contributed by atoms with van der Waals surface area (Å²) in [6.45, 7) is 7.23. The molecule has 3 rings (SSSR count). The van der Waals surface area contributed by atoms with Crippen molar-refractivity contribution in [3.8, 4) is 0 Å². The Labute approximate surface area is 178 Å². The number of carboxylic acids is 1. The van der Waals surface area contributed by atoms with Crippen molar-refractivity contribution in [2.24, 2.45) is 0 Å². The summed E-state index contributed by atoms with van der Waals surface area (Å²) in [7, 11) is -3.11.